The van der Waals surface area contributed by atoms with E-state index in [4.69, 9.17) is 22.3 Å². The van der Waals surface area contributed by atoms with E-state index in [1.165, 1.54) is 6.20 Å². The van der Waals surface area contributed by atoms with Gasteiger partial charge in [0.1, 0.15) is 11.0 Å². The minimum Gasteiger partial charge on any atom is -0.364 e. The molecule has 3 heterocycles. The maximum Gasteiger partial charge on any atom is 0.316 e. The highest BCUT2D eigenvalue weighted by Crippen LogP contribution is 2.42. The van der Waals surface area contributed by atoms with Gasteiger partial charge >= 0.3 is 6.03 Å². The number of fused-ring (bicyclic) bond motifs is 1. The van der Waals surface area contributed by atoms with Crippen LogP contribution in [0.4, 0.5) is 16.3 Å². The average molecular weight is 481 g/mol. The zero-order valence-corrected chi connectivity index (χ0v) is 19.3. The van der Waals surface area contributed by atoms with Gasteiger partial charge in [-0.2, -0.15) is 0 Å². The Balaban J connectivity index is 1.71. The summed E-state index contributed by atoms with van der Waals surface area (Å²) in [7, 11) is 0. The number of nitrogens with one attached hydrogen (secondary N) is 2. The maximum absolute atomic E-state index is 11.4. The van der Waals surface area contributed by atoms with Crippen LogP contribution in [0.15, 0.2) is 91.4 Å². The highest BCUT2D eigenvalue weighted by atomic mass is 35.5. The van der Waals surface area contributed by atoms with Gasteiger partial charge in [-0.1, -0.05) is 66.2 Å². The second-order valence-corrected chi connectivity index (χ2v) is 8.20. The van der Waals surface area contributed by atoms with Crippen molar-refractivity contribution in [2.24, 2.45) is 5.73 Å². The number of urea groups is 1. The highest BCUT2D eigenvalue weighted by molar-refractivity contribution is 6.34. The number of hydrogen-bond acceptors (Lipinski definition) is 5. The van der Waals surface area contributed by atoms with Crippen LogP contribution >= 0.6 is 11.6 Å². The Morgan fingerprint density at radius 3 is 2.54 bits per heavy atom. The molecule has 0 saturated heterocycles. The predicted octanol–water partition coefficient (Wildman–Crippen LogP) is 6.11. The first kappa shape index (κ1) is 22.3. The Morgan fingerprint density at radius 2 is 1.77 bits per heavy atom. The number of primary amides is 1. The molecule has 5 aromatic rings. The molecule has 0 spiro atoms. The second-order valence-electron chi connectivity index (χ2n) is 7.85. The molecular formula is C27H21ClN6O. The molecule has 2 amide bonds. The molecule has 7 nitrogen and oxygen atoms in total. The first-order valence-electron chi connectivity index (χ1n) is 10.9. The summed E-state index contributed by atoms with van der Waals surface area (Å²) >= 11 is 6.77. The molecule has 0 fully saturated rings. The molecule has 0 aliphatic carbocycles. The van der Waals surface area contributed by atoms with E-state index in [-0.39, 0.29) is 0 Å². The number of amides is 2. The van der Waals surface area contributed by atoms with Gasteiger partial charge in [-0.15, -0.1) is 0 Å². The van der Waals surface area contributed by atoms with E-state index < -0.39 is 6.03 Å². The first-order valence-corrected chi connectivity index (χ1v) is 11.3. The van der Waals surface area contributed by atoms with Crippen molar-refractivity contribution in [2.45, 2.75) is 6.54 Å². The van der Waals surface area contributed by atoms with Gasteiger partial charge in [0.2, 0.25) is 0 Å². The van der Waals surface area contributed by atoms with Crippen LogP contribution in [0.3, 0.4) is 0 Å². The number of nitrogens with two attached hydrogens (primary N) is 1. The third kappa shape index (κ3) is 4.76. The number of rotatable bonds is 6. The van der Waals surface area contributed by atoms with Crippen molar-refractivity contribution in [3.05, 3.63) is 102 Å². The molecule has 0 saturated carbocycles. The maximum atomic E-state index is 11.4. The number of carbonyl (C=O) groups excluding carboxylic acids is 1. The zero-order valence-electron chi connectivity index (χ0n) is 18.6. The standard InChI is InChI=1S/C27H21ClN6O/c28-25-23(18-13-20(15-30-14-18)33-27(29)35)22-11-6-10-21(17-7-2-1-3-8-17)24(22)26(34-25)32-16-19-9-4-5-12-31-19/h1-15H,16H2,(H,32,34)(H3,29,33,35). The molecule has 3 aromatic heterocycles. The summed E-state index contributed by atoms with van der Waals surface area (Å²) in [5.41, 5.74) is 10.1. The molecule has 4 N–H and O–H groups in total. The molecule has 8 heteroatoms. The van der Waals surface area contributed by atoms with Gasteiger partial charge in [-0.3, -0.25) is 9.97 Å². The zero-order chi connectivity index (χ0) is 24.2. The van der Waals surface area contributed by atoms with E-state index >= 15 is 0 Å². The van der Waals surface area contributed by atoms with Crippen LogP contribution in [-0.2, 0) is 6.54 Å². The molecule has 35 heavy (non-hydrogen) atoms. The van der Waals surface area contributed by atoms with E-state index in [9.17, 15) is 4.79 Å². The Morgan fingerprint density at radius 1 is 0.943 bits per heavy atom. The van der Waals surface area contributed by atoms with Crippen LogP contribution in [0.5, 0.6) is 0 Å². The van der Waals surface area contributed by atoms with Crippen LogP contribution in [0.25, 0.3) is 33.0 Å². The molecule has 0 aliphatic rings. The summed E-state index contributed by atoms with van der Waals surface area (Å²) in [4.78, 5) is 24.8. The fourth-order valence-corrected chi connectivity index (χ4v) is 4.36. The van der Waals surface area contributed by atoms with Crippen molar-refractivity contribution in [1.29, 1.82) is 0 Å². The van der Waals surface area contributed by atoms with Crippen LogP contribution in [0.2, 0.25) is 5.15 Å². The largest absolute Gasteiger partial charge is 0.364 e. The lowest BCUT2D eigenvalue weighted by Gasteiger charge is -2.17. The minimum atomic E-state index is -0.668. The Kier molecular flexibility index (Phi) is 6.24. The van der Waals surface area contributed by atoms with Gasteiger partial charge in [0.05, 0.1) is 24.1 Å². The quantitative estimate of drug-likeness (QED) is 0.254. The number of pyridine rings is 3. The Labute approximate surface area is 207 Å². The lowest BCUT2D eigenvalue weighted by molar-refractivity contribution is 0.259. The van der Waals surface area contributed by atoms with Gasteiger partial charge < -0.3 is 16.4 Å². The third-order valence-corrected chi connectivity index (χ3v) is 5.80. The molecule has 0 bridgehead atoms. The molecule has 5 rings (SSSR count). The lowest BCUT2D eigenvalue weighted by Crippen LogP contribution is -2.19. The van der Waals surface area contributed by atoms with E-state index in [1.807, 2.05) is 48.5 Å². The molecule has 0 aliphatic heterocycles. The number of hydrogen-bond donors (Lipinski definition) is 3. The Hall–Kier alpha value is -4.49. The molecular weight excluding hydrogens is 460 g/mol. The van der Waals surface area contributed by atoms with Crippen LogP contribution in [-0.4, -0.2) is 21.0 Å². The molecule has 172 valence electrons. The monoisotopic (exact) mass is 480 g/mol. The van der Waals surface area contributed by atoms with Crippen molar-refractivity contribution < 1.29 is 4.79 Å². The van der Waals surface area contributed by atoms with Gasteiger partial charge in [0, 0.05) is 28.9 Å². The average Bonchev–Trinajstić information content (AvgIpc) is 2.88. The number of aromatic nitrogens is 3. The molecule has 2 aromatic carbocycles. The number of halogens is 1. The topological polar surface area (TPSA) is 106 Å². The van der Waals surface area contributed by atoms with Crippen LogP contribution in [0, 0.1) is 0 Å². The van der Waals surface area contributed by atoms with Crippen molar-refractivity contribution >= 4 is 39.9 Å². The number of carbonyl (C=O) groups is 1. The smallest absolute Gasteiger partial charge is 0.316 e. The normalized spacial score (nSPS) is 10.8. The number of anilines is 2. The highest BCUT2D eigenvalue weighted by Gasteiger charge is 2.18. The SMILES string of the molecule is NC(=O)Nc1cncc(-c2c(Cl)nc(NCc3ccccn3)c3c(-c4ccccc4)cccc23)c1. The molecule has 0 unspecified atom stereocenters. The summed E-state index contributed by atoms with van der Waals surface area (Å²) in [5, 5.41) is 8.11. The van der Waals surface area contributed by atoms with Crippen molar-refractivity contribution in [1.82, 2.24) is 15.0 Å². The molecule has 0 radical (unpaired) electrons. The summed E-state index contributed by atoms with van der Waals surface area (Å²) < 4.78 is 0. The van der Waals surface area contributed by atoms with Gasteiger partial charge in [-0.05, 0) is 34.7 Å². The van der Waals surface area contributed by atoms with Crippen molar-refractivity contribution in [3.63, 3.8) is 0 Å². The summed E-state index contributed by atoms with van der Waals surface area (Å²) in [6.45, 7) is 0.487. The lowest BCUT2D eigenvalue weighted by atomic mass is 9.94. The van der Waals surface area contributed by atoms with Gasteiger partial charge in [0.15, 0.2) is 0 Å². The fourth-order valence-electron chi connectivity index (χ4n) is 4.06. The summed E-state index contributed by atoms with van der Waals surface area (Å²) in [6, 6.07) is 23.1. The minimum absolute atomic E-state index is 0.309. The Bertz CT molecular complexity index is 1510. The van der Waals surface area contributed by atoms with Crippen molar-refractivity contribution in [3.8, 4) is 22.3 Å². The van der Waals surface area contributed by atoms with Crippen molar-refractivity contribution in [2.75, 3.05) is 10.6 Å². The van der Waals surface area contributed by atoms with Gasteiger partial charge in [-0.25, -0.2) is 9.78 Å². The number of benzene rings is 2. The van der Waals surface area contributed by atoms with Crippen LogP contribution in [0.1, 0.15) is 5.69 Å². The summed E-state index contributed by atoms with van der Waals surface area (Å²) in [6.07, 6.45) is 4.97. The van der Waals surface area contributed by atoms with E-state index in [0.29, 0.717) is 34.3 Å². The van der Waals surface area contributed by atoms with E-state index in [1.54, 1.807) is 18.5 Å². The first-order chi connectivity index (χ1) is 17.1. The predicted molar refractivity (Wildman–Crippen MR) is 140 cm³/mol. The fraction of sp³-hybridized carbons (Fsp3) is 0.0370. The second kappa shape index (κ2) is 9.79. The van der Waals surface area contributed by atoms with E-state index in [2.05, 4.69) is 38.8 Å². The number of nitrogens with zero attached hydrogens (tertiary/aromatic N) is 3. The summed E-state index contributed by atoms with van der Waals surface area (Å²) in [5.74, 6) is 0.651. The van der Waals surface area contributed by atoms with E-state index in [0.717, 1.165) is 27.6 Å². The third-order valence-electron chi connectivity index (χ3n) is 5.53. The van der Waals surface area contributed by atoms with Gasteiger partial charge in [0.25, 0.3) is 0 Å². The molecule has 0 atom stereocenters. The van der Waals surface area contributed by atoms with Crippen LogP contribution < -0.4 is 16.4 Å².